The molecule has 0 spiro atoms. The average molecular weight is 355 g/mol. The van der Waals surface area contributed by atoms with Crippen molar-refractivity contribution < 1.29 is 13.9 Å². The van der Waals surface area contributed by atoms with Crippen molar-refractivity contribution in [2.45, 2.75) is 6.61 Å². The number of ether oxygens (including phenoxy) is 2. The molecule has 6 heteroatoms. The Morgan fingerprint density at radius 1 is 1.04 bits per heavy atom. The third-order valence-corrected chi connectivity index (χ3v) is 3.43. The first-order valence-electron chi connectivity index (χ1n) is 7.35. The van der Waals surface area contributed by atoms with E-state index in [1.165, 1.54) is 24.3 Å². The van der Waals surface area contributed by atoms with E-state index in [-0.39, 0.29) is 18.2 Å². The Bertz CT molecular complexity index is 926. The predicted octanol–water partition coefficient (Wildman–Crippen LogP) is 5.12. The summed E-state index contributed by atoms with van der Waals surface area (Å²) >= 11 is 5.93. The van der Waals surface area contributed by atoms with Crippen LogP contribution in [0.4, 0.5) is 4.39 Å². The van der Waals surface area contributed by atoms with Crippen LogP contribution >= 0.6 is 11.6 Å². The molecule has 0 saturated carbocycles. The maximum absolute atomic E-state index is 13.7. The fraction of sp³-hybridized carbons (Fsp3) is 0.0526. The van der Waals surface area contributed by atoms with Gasteiger partial charge in [-0.15, -0.1) is 0 Å². The second-order valence-corrected chi connectivity index (χ2v) is 5.56. The van der Waals surface area contributed by atoms with Crippen LogP contribution in [0.1, 0.15) is 11.1 Å². The number of aromatic nitrogens is 1. The molecule has 2 aromatic carbocycles. The zero-order chi connectivity index (χ0) is 17.6. The van der Waals surface area contributed by atoms with E-state index in [1.807, 2.05) is 36.4 Å². The molecule has 3 aromatic rings. The lowest BCUT2D eigenvalue weighted by molar-refractivity contribution is 0.287. The number of pyridine rings is 1. The van der Waals surface area contributed by atoms with Crippen molar-refractivity contribution >= 4 is 11.6 Å². The topological polar surface area (TPSA) is 55.1 Å². The molecule has 0 fully saturated rings. The van der Waals surface area contributed by atoms with Crippen LogP contribution in [-0.2, 0) is 6.61 Å². The Morgan fingerprint density at radius 3 is 2.56 bits per heavy atom. The minimum Gasteiger partial charge on any atom is -0.473 e. The summed E-state index contributed by atoms with van der Waals surface area (Å²) in [7, 11) is 0. The molecule has 0 N–H and O–H groups in total. The predicted molar refractivity (Wildman–Crippen MR) is 91.2 cm³/mol. The molecule has 25 heavy (non-hydrogen) atoms. The van der Waals surface area contributed by atoms with Crippen LogP contribution in [0.5, 0.6) is 17.4 Å². The van der Waals surface area contributed by atoms with Crippen LogP contribution in [0.15, 0.2) is 60.7 Å². The van der Waals surface area contributed by atoms with E-state index in [0.717, 1.165) is 11.6 Å². The maximum atomic E-state index is 13.7. The smallest absolute Gasteiger partial charge is 0.220 e. The normalized spacial score (nSPS) is 10.1. The van der Waals surface area contributed by atoms with Crippen molar-refractivity contribution in [3.05, 3.63) is 82.8 Å². The molecular weight excluding hydrogens is 343 g/mol. The highest BCUT2D eigenvalue weighted by Gasteiger charge is 2.08. The van der Waals surface area contributed by atoms with E-state index in [9.17, 15) is 4.39 Å². The minimum absolute atomic E-state index is 0.0985. The summed E-state index contributed by atoms with van der Waals surface area (Å²) < 4.78 is 24.8. The Hall–Kier alpha value is -3.10. The van der Waals surface area contributed by atoms with Crippen LogP contribution in [0.25, 0.3) is 0 Å². The van der Waals surface area contributed by atoms with E-state index < -0.39 is 5.95 Å². The zero-order valence-corrected chi connectivity index (χ0v) is 13.7. The first-order valence-corrected chi connectivity index (χ1v) is 7.73. The van der Waals surface area contributed by atoms with E-state index >= 15 is 0 Å². The Morgan fingerprint density at radius 2 is 1.80 bits per heavy atom. The van der Waals surface area contributed by atoms with Gasteiger partial charge in [0, 0.05) is 17.2 Å². The van der Waals surface area contributed by atoms with Crippen molar-refractivity contribution in [1.29, 1.82) is 5.26 Å². The molecule has 0 saturated heterocycles. The molecule has 3 rings (SSSR count). The van der Waals surface area contributed by atoms with E-state index in [2.05, 4.69) is 4.98 Å². The minimum atomic E-state index is -0.733. The molecule has 4 nitrogen and oxygen atoms in total. The van der Waals surface area contributed by atoms with Gasteiger partial charge in [-0.25, -0.2) is 0 Å². The van der Waals surface area contributed by atoms with Gasteiger partial charge >= 0.3 is 0 Å². The number of nitrogens with zero attached hydrogens (tertiary/aromatic N) is 2. The monoisotopic (exact) mass is 354 g/mol. The van der Waals surface area contributed by atoms with Crippen LogP contribution in [0, 0.1) is 17.3 Å². The van der Waals surface area contributed by atoms with Gasteiger partial charge in [-0.1, -0.05) is 41.9 Å². The quantitative estimate of drug-likeness (QED) is 0.597. The summed E-state index contributed by atoms with van der Waals surface area (Å²) in [6.45, 7) is 0.256. The van der Waals surface area contributed by atoms with E-state index in [0.29, 0.717) is 16.3 Å². The van der Waals surface area contributed by atoms with Gasteiger partial charge in [-0.3, -0.25) is 0 Å². The summed E-state index contributed by atoms with van der Waals surface area (Å²) in [5.41, 5.74) is 1.28. The second kappa shape index (κ2) is 7.65. The van der Waals surface area contributed by atoms with Gasteiger partial charge in [0.05, 0.1) is 11.6 Å². The summed E-state index contributed by atoms with van der Waals surface area (Å²) in [5.74, 6) is -0.116. The Labute approximate surface area is 149 Å². The number of halogens is 2. The van der Waals surface area contributed by atoms with Gasteiger partial charge in [0.25, 0.3) is 0 Å². The molecule has 0 aliphatic carbocycles. The van der Waals surface area contributed by atoms with E-state index in [1.54, 1.807) is 0 Å². The lowest BCUT2D eigenvalue weighted by atomic mass is 10.2. The highest BCUT2D eigenvalue weighted by atomic mass is 35.5. The third-order valence-electron chi connectivity index (χ3n) is 3.21. The summed E-state index contributed by atoms with van der Waals surface area (Å²) in [4.78, 5) is 3.69. The number of benzene rings is 2. The summed E-state index contributed by atoms with van der Waals surface area (Å²) in [6.07, 6.45) is 0. The van der Waals surface area contributed by atoms with Gasteiger partial charge in [-0.05, 0) is 23.8 Å². The van der Waals surface area contributed by atoms with Gasteiger partial charge < -0.3 is 9.47 Å². The maximum Gasteiger partial charge on any atom is 0.220 e. The molecule has 124 valence electrons. The van der Waals surface area contributed by atoms with E-state index in [4.69, 9.17) is 26.3 Å². The number of rotatable bonds is 5. The molecule has 0 atom stereocenters. The number of nitriles is 1. The molecule has 0 radical (unpaired) electrons. The van der Waals surface area contributed by atoms with Crippen LogP contribution in [0.3, 0.4) is 0 Å². The fourth-order valence-electron chi connectivity index (χ4n) is 2.14. The van der Waals surface area contributed by atoms with Gasteiger partial charge in [0.15, 0.2) is 0 Å². The van der Waals surface area contributed by atoms with Crippen molar-refractivity contribution in [3.8, 4) is 23.4 Å². The molecule has 0 aliphatic heterocycles. The van der Waals surface area contributed by atoms with Gasteiger partial charge in [-0.2, -0.15) is 14.6 Å². The van der Waals surface area contributed by atoms with Crippen molar-refractivity contribution in [2.75, 3.05) is 0 Å². The zero-order valence-electron chi connectivity index (χ0n) is 12.9. The first kappa shape index (κ1) is 16.7. The number of hydrogen-bond donors (Lipinski definition) is 0. The van der Waals surface area contributed by atoms with Gasteiger partial charge in [0.1, 0.15) is 18.1 Å². The molecule has 0 aliphatic rings. The van der Waals surface area contributed by atoms with Crippen molar-refractivity contribution in [1.82, 2.24) is 4.98 Å². The lowest BCUT2D eigenvalue weighted by Gasteiger charge is -2.10. The molecule has 0 unspecified atom stereocenters. The summed E-state index contributed by atoms with van der Waals surface area (Å²) in [6, 6.07) is 18.6. The first-order chi connectivity index (χ1) is 12.1. The van der Waals surface area contributed by atoms with Crippen LogP contribution in [-0.4, -0.2) is 4.98 Å². The highest BCUT2D eigenvalue weighted by molar-refractivity contribution is 6.30. The molecule has 0 amide bonds. The van der Waals surface area contributed by atoms with Crippen molar-refractivity contribution in [2.24, 2.45) is 0 Å². The lowest BCUT2D eigenvalue weighted by Crippen LogP contribution is -1.99. The molecule has 1 heterocycles. The molecule has 1 aromatic heterocycles. The van der Waals surface area contributed by atoms with Crippen LogP contribution < -0.4 is 9.47 Å². The SMILES string of the molecule is N#Cc1cc(Cl)cc(Oc2cc(F)nc(OCc3ccccc3)c2)c1. The summed E-state index contributed by atoms with van der Waals surface area (Å²) in [5, 5.41) is 9.32. The standard InChI is InChI=1S/C19H12ClFN2O2/c20-15-6-14(11-22)7-16(8-15)25-17-9-18(21)23-19(10-17)24-12-13-4-2-1-3-5-13/h1-10H,12H2. The molecule has 0 bridgehead atoms. The fourth-order valence-corrected chi connectivity index (χ4v) is 2.36. The largest absolute Gasteiger partial charge is 0.473 e. The second-order valence-electron chi connectivity index (χ2n) is 5.13. The van der Waals surface area contributed by atoms with Crippen molar-refractivity contribution in [3.63, 3.8) is 0 Å². The molecular formula is C19H12ClFN2O2. The average Bonchev–Trinajstić information content (AvgIpc) is 2.60. The van der Waals surface area contributed by atoms with Gasteiger partial charge in [0.2, 0.25) is 11.8 Å². The Balaban J connectivity index is 1.77. The highest BCUT2D eigenvalue weighted by Crippen LogP contribution is 2.28. The third kappa shape index (κ3) is 4.69. The van der Waals surface area contributed by atoms with Crippen LogP contribution in [0.2, 0.25) is 5.02 Å². The number of hydrogen-bond acceptors (Lipinski definition) is 4. The Kier molecular flexibility index (Phi) is 5.12.